The highest BCUT2D eigenvalue weighted by atomic mass is 16.3. The van der Waals surface area contributed by atoms with E-state index in [0.29, 0.717) is 11.7 Å². The standard InChI is InChI=1S/C19H22N4O2/c1-4-23-18(20-10-21-23)16(13-6-7-13)22-19(24)17-12(3)14-9-11(2)5-8-15(14)25-17/h5,8-10,13,16H,4,6-7H2,1-3H3,(H,22,24)/t16-/m0/s1. The summed E-state index contributed by atoms with van der Waals surface area (Å²) in [5, 5.41) is 8.36. The first-order valence-electron chi connectivity index (χ1n) is 8.76. The molecular formula is C19H22N4O2. The summed E-state index contributed by atoms with van der Waals surface area (Å²) in [6.45, 7) is 6.72. The van der Waals surface area contributed by atoms with Gasteiger partial charge in [0.2, 0.25) is 0 Å². The number of furan rings is 1. The monoisotopic (exact) mass is 338 g/mol. The quantitative estimate of drug-likeness (QED) is 0.772. The molecule has 1 fully saturated rings. The molecule has 2 heterocycles. The van der Waals surface area contributed by atoms with Crippen molar-refractivity contribution >= 4 is 16.9 Å². The van der Waals surface area contributed by atoms with Crippen LogP contribution >= 0.6 is 0 Å². The second-order valence-electron chi connectivity index (χ2n) is 6.78. The van der Waals surface area contributed by atoms with E-state index in [1.165, 1.54) is 0 Å². The van der Waals surface area contributed by atoms with Gasteiger partial charge in [-0.3, -0.25) is 4.79 Å². The highest BCUT2D eigenvalue weighted by molar-refractivity contribution is 5.99. The van der Waals surface area contributed by atoms with Crippen molar-refractivity contribution in [2.75, 3.05) is 0 Å². The fraction of sp³-hybridized carbons (Fsp3) is 0.421. The van der Waals surface area contributed by atoms with Gasteiger partial charge in [0.1, 0.15) is 17.7 Å². The lowest BCUT2D eigenvalue weighted by molar-refractivity contribution is 0.0901. The molecule has 130 valence electrons. The van der Waals surface area contributed by atoms with Gasteiger partial charge in [-0.15, -0.1) is 0 Å². The summed E-state index contributed by atoms with van der Waals surface area (Å²) in [6.07, 6.45) is 3.75. The summed E-state index contributed by atoms with van der Waals surface area (Å²) < 4.78 is 7.68. The van der Waals surface area contributed by atoms with E-state index in [2.05, 4.69) is 21.5 Å². The molecule has 6 nitrogen and oxygen atoms in total. The van der Waals surface area contributed by atoms with Gasteiger partial charge >= 0.3 is 0 Å². The predicted octanol–water partition coefficient (Wildman–Crippen LogP) is 3.54. The number of nitrogens with one attached hydrogen (secondary N) is 1. The molecule has 2 aromatic heterocycles. The number of aromatic nitrogens is 3. The Bertz CT molecular complexity index is 936. The zero-order chi connectivity index (χ0) is 17.6. The van der Waals surface area contributed by atoms with Gasteiger partial charge in [-0.1, -0.05) is 11.6 Å². The van der Waals surface area contributed by atoms with Crippen LogP contribution in [0, 0.1) is 19.8 Å². The number of amides is 1. The first kappa shape index (κ1) is 15.9. The predicted molar refractivity (Wildman–Crippen MR) is 94.3 cm³/mol. The molecular weight excluding hydrogens is 316 g/mol. The van der Waals surface area contributed by atoms with Gasteiger partial charge in [-0.05, 0) is 51.7 Å². The smallest absolute Gasteiger partial charge is 0.287 e. The third-order valence-electron chi connectivity index (χ3n) is 4.90. The summed E-state index contributed by atoms with van der Waals surface area (Å²) in [7, 11) is 0. The summed E-state index contributed by atoms with van der Waals surface area (Å²) in [5.41, 5.74) is 2.77. The topological polar surface area (TPSA) is 73.0 Å². The molecule has 1 N–H and O–H groups in total. The molecule has 0 bridgehead atoms. The van der Waals surface area contributed by atoms with E-state index in [4.69, 9.17) is 4.42 Å². The molecule has 1 aromatic carbocycles. The number of hydrogen-bond acceptors (Lipinski definition) is 4. The van der Waals surface area contributed by atoms with E-state index in [9.17, 15) is 4.79 Å². The van der Waals surface area contributed by atoms with Crippen molar-refractivity contribution < 1.29 is 9.21 Å². The zero-order valence-electron chi connectivity index (χ0n) is 14.7. The molecule has 6 heteroatoms. The van der Waals surface area contributed by atoms with Gasteiger partial charge in [-0.2, -0.15) is 5.10 Å². The molecule has 0 radical (unpaired) electrons. The van der Waals surface area contributed by atoms with E-state index in [-0.39, 0.29) is 11.9 Å². The SMILES string of the molecule is CCn1ncnc1[C@@H](NC(=O)c1oc2ccc(C)cc2c1C)C1CC1. The maximum absolute atomic E-state index is 12.9. The van der Waals surface area contributed by atoms with Crippen LogP contribution in [0.4, 0.5) is 0 Å². The van der Waals surface area contributed by atoms with Crippen LogP contribution in [0.1, 0.15) is 53.3 Å². The second-order valence-corrected chi connectivity index (χ2v) is 6.78. The highest BCUT2D eigenvalue weighted by Crippen LogP contribution is 2.40. The largest absolute Gasteiger partial charge is 0.451 e. The summed E-state index contributed by atoms with van der Waals surface area (Å²) in [6, 6.07) is 5.84. The van der Waals surface area contributed by atoms with E-state index < -0.39 is 0 Å². The zero-order valence-corrected chi connectivity index (χ0v) is 14.7. The normalized spacial score (nSPS) is 15.5. The van der Waals surface area contributed by atoms with Crippen LogP contribution in [0.5, 0.6) is 0 Å². The Morgan fingerprint density at radius 3 is 2.92 bits per heavy atom. The maximum atomic E-state index is 12.9. The van der Waals surface area contributed by atoms with Crippen LogP contribution in [0.3, 0.4) is 0 Å². The Labute approximate surface area is 146 Å². The van der Waals surface area contributed by atoms with Crippen molar-refractivity contribution in [2.45, 2.75) is 46.2 Å². The summed E-state index contributed by atoms with van der Waals surface area (Å²) >= 11 is 0. The van der Waals surface area contributed by atoms with Crippen LogP contribution in [0.15, 0.2) is 28.9 Å². The molecule has 1 aliphatic rings. The molecule has 3 aromatic rings. The lowest BCUT2D eigenvalue weighted by atomic mass is 10.1. The van der Waals surface area contributed by atoms with Crippen LogP contribution in [-0.4, -0.2) is 20.7 Å². The first-order chi connectivity index (χ1) is 12.1. The van der Waals surface area contributed by atoms with Gasteiger partial charge in [0.05, 0.1) is 6.04 Å². The van der Waals surface area contributed by atoms with Gasteiger partial charge < -0.3 is 9.73 Å². The van der Waals surface area contributed by atoms with E-state index >= 15 is 0 Å². The minimum absolute atomic E-state index is 0.121. The van der Waals surface area contributed by atoms with Crippen LogP contribution in [0.2, 0.25) is 0 Å². The van der Waals surface area contributed by atoms with Crippen molar-refractivity contribution in [3.63, 3.8) is 0 Å². The molecule has 1 amide bonds. The number of rotatable bonds is 5. The number of fused-ring (bicyclic) bond motifs is 1. The minimum atomic E-state index is -0.186. The third-order valence-corrected chi connectivity index (χ3v) is 4.90. The molecule has 1 atom stereocenters. The number of aryl methyl sites for hydroxylation is 3. The summed E-state index contributed by atoms with van der Waals surface area (Å²) in [4.78, 5) is 17.3. The molecule has 1 saturated carbocycles. The molecule has 4 rings (SSSR count). The number of nitrogens with zero attached hydrogens (tertiary/aromatic N) is 3. The van der Waals surface area contributed by atoms with Crippen molar-refractivity contribution in [2.24, 2.45) is 5.92 Å². The number of benzene rings is 1. The lowest BCUT2D eigenvalue weighted by Gasteiger charge is -2.17. The molecule has 0 unspecified atom stereocenters. The van der Waals surface area contributed by atoms with E-state index in [0.717, 1.165) is 47.3 Å². The van der Waals surface area contributed by atoms with Gasteiger partial charge in [-0.25, -0.2) is 9.67 Å². The molecule has 1 aliphatic carbocycles. The van der Waals surface area contributed by atoms with Gasteiger partial charge in [0.25, 0.3) is 5.91 Å². The Morgan fingerprint density at radius 1 is 1.40 bits per heavy atom. The van der Waals surface area contributed by atoms with Crippen molar-refractivity contribution in [1.29, 1.82) is 0 Å². The van der Waals surface area contributed by atoms with Crippen LogP contribution in [0.25, 0.3) is 11.0 Å². The third kappa shape index (κ3) is 2.81. The number of carbonyl (C=O) groups excluding carboxylic acids is 1. The van der Waals surface area contributed by atoms with Crippen molar-refractivity contribution in [3.05, 3.63) is 47.2 Å². The average Bonchev–Trinajstić information content (AvgIpc) is 3.25. The number of hydrogen-bond donors (Lipinski definition) is 1. The van der Waals surface area contributed by atoms with Crippen LogP contribution < -0.4 is 5.32 Å². The Morgan fingerprint density at radius 2 is 2.20 bits per heavy atom. The fourth-order valence-electron chi connectivity index (χ4n) is 3.34. The average molecular weight is 338 g/mol. The Balaban J connectivity index is 1.65. The highest BCUT2D eigenvalue weighted by Gasteiger charge is 2.37. The Hall–Kier alpha value is -2.63. The first-order valence-corrected chi connectivity index (χ1v) is 8.76. The molecule has 0 saturated heterocycles. The maximum Gasteiger partial charge on any atom is 0.287 e. The lowest BCUT2D eigenvalue weighted by Crippen LogP contribution is -2.32. The fourth-order valence-corrected chi connectivity index (χ4v) is 3.34. The summed E-state index contributed by atoms with van der Waals surface area (Å²) in [5.74, 6) is 1.44. The van der Waals surface area contributed by atoms with Crippen LogP contribution in [-0.2, 0) is 6.54 Å². The molecule has 25 heavy (non-hydrogen) atoms. The van der Waals surface area contributed by atoms with E-state index in [1.807, 2.05) is 37.6 Å². The molecule has 0 aliphatic heterocycles. The van der Waals surface area contributed by atoms with E-state index in [1.54, 1.807) is 6.33 Å². The number of carbonyl (C=O) groups is 1. The van der Waals surface area contributed by atoms with Crippen molar-refractivity contribution in [3.8, 4) is 0 Å². The van der Waals surface area contributed by atoms with Gasteiger partial charge in [0, 0.05) is 17.5 Å². The van der Waals surface area contributed by atoms with Gasteiger partial charge in [0.15, 0.2) is 5.76 Å². The second kappa shape index (κ2) is 6.02. The Kier molecular flexibility index (Phi) is 3.82. The minimum Gasteiger partial charge on any atom is -0.451 e. The van der Waals surface area contributed by atoms with Crippen molar-refractivity contribution in [1.82, 2.24) is 20.1 Å². The molecule has 0 spiro atoms.